The molecular formula is C15H15FO. The molecule has 1 nitrogen and oxygen atoms in total. The zero-order chi connectivity index (χ0) is 12.7. The first kappa shape index (κ1) is 13.1. The minimum absolute atomic E-state index is 0.0476. The molecule has 0 unspecified atom stereocenters. The van der Waals surface area contributed by atoms with Crippen LogP contribution in [0.2, 0.25) is 0 Å². The van der Waals surface area contributed by atoms with Gasteiger partial charge in [0.05, 0.1) is 0 Å². The number of allylic oxidation sites excluding steroid dienone is 5. The van der Waals surface area contributed by atoms with Crippen molar-refractivity contribution >= 4 is 5.78 Å². The fraction of sp³-hybridized carbons (Fsp3) is 0.133. The predicted octanol–water partition coefficient (Wildman–Crippen LogP) is 3.63. The lowest BCUT2D eigenvalue weighted by molar-refractivity contribution is -0.114. The molecule has 0 heterocycles. The number of hydrogen-bond acceptors (Lipinski definition) is 1. The van der Waals surface area contributed by atoms with E-state index >= 15 is 0 Å². The highest BCUT2D eigenvalue weighted by molar-refractivity contribution is 5.99. The summed E-state index contributed by atoms with van der Waals surface area (Å²) in [6.07, 6.45) is 6.93. The second kappa shape index (κ2) is 6.59. The Morgan fingerprint density at radius 2 is 2.24 bits per heavy atom. The zero-order valence-electron chi connectivity index (χ0n) is 9.82. The molecule has 0 fully saturated rings. The lowest BCUT2D eigenvalue weighted by atomic mass is 10.0. The van der Waals surface area contributed by atoms with Crippen molar-refractivity contribution in [3.8, 4) is 0 Å². The Bertz CT molecular complexity index is 470. The van der Waals surface area contributed by atoms with Crippen LogP contribution < -0.4 is 0 Å². The molecule has 0 radical (unpaired) electrons. The third-order valence-corrected chi connectivity index (χ3v) is 2.22. The summed E-state index contributed by atoms with van der Waals surface area (Å²) in [7, 11) is 0. The first-order chi connectivity index (χ1) is 8.17. The average molecular weight is 230 g/mol. The number of Topliss-reactive ketones (excluding diaryl/α,β-unsaturated/α-hetero) is 1. The summed E-state index contributed by atoms with van der Waals surface area (Å²) >= 11 is 0. The van der Waals surface area contributed by atoms with E-state index in [-0.39, 0.29) is 18.0 Å². The van der Waals surface area contributed by atoms with Crippen molar-refractivity contribution in [2.45, 2.75) is 13.3 Å². The summed E-state index contributed by atoms with van der Waals surface area (Å²) < 4.78 is 13.0. The largest absolute Gasteiger partial charge is 0.294 e. The minimum Gasteiger partial charge on any atom is -0.294 e. The summed E-state index contributed by atoms with van der Waals surface area (Å²) in [5.41, 5.74) is 1.25. The van der Waals surface area contributed by atoms with Crippen molar-refractivity contribution in [2.24, 2.45) is 0 Å². The Kier molecular flexibility index (Phi) is 5.08. The van der Waals surface area contributed by atoms with Crippen LogP contribution in [0, 0.1) is 5.82 Å². The van der Waals surface area contributed by atoms with Gasteiger partial charge in [-0.05, 0) is 24.6 Å². The maximum Gasteiger partial charge on any atom is 0.167 e. The van der Waals surface area contributed by atoms with E-state index in [0.717, 1.165) is 0 Å². The second-order valence-electron chi connectivity index (χ2n) is 3.59. The third-order valence-electron chi connectivity index (χ3n) is 2.22. The highest BCUT2D eigenvalue weighted by Crippen LogP contribution is 2.09. The standard InChI is InChI=1S/C15H15FO/c1-3-6-13(7-4-2)15(17)11-12-8-5-9-14(16)10-12/h3-10H,1,11H2,2H3/b7-4-,13-6+. The molecule has 88 valence electrons. The molecule has 1 rings (SSSR count). The van der Waals surface area contributed by atoms with Crippen LogP contribution in [-0.4, -0.2) is 5.78 Å². The highest BCUT2D eigenvalue weighted by atomic mass is 19.1. The Hall–Kier alpha value is -1.96. The molecule has 0 aromatic heterocycles. The normalized spacial score (nSPS) is 11.8. The fourth-order valence-electron chi connectivity index (χ4n) is 1.48. The third kappa shape index (κ3) is 4.19. The topological polar surface area (TPSA) is 17.1 Å². The van der Waals surface area contributed by atoms with Crippen LogP contribution in [0.15, 0.2) is 60.7 Å². The molecule has 1 aromatic rings. The summed E-state index contributed by atoms with van der Waals surface area (Å²) in [4.78, 5) is 11.9. The Labute approximate surface area is 101 Å². The molecule has 0 saturated heterocycles. The number of rotatable bonds is 5. The van der Waals surface area contributed by atoms with E-state index in [1.165, 1.54) is 12.1 Å². The molecule has 0 N–H and O–H groups in total. The van der Waals surface area contributed by atoms with Gasteiger partial charge in [-0.25, -0.2) is 4.39 Å². The number of hydrogen-bond donors (Lipinski definition) is 0. The molecule has 1 aromatic carbocycles. The van der Waals surface area contributed by atoms with Gasteiger partial charge in [0.25, 0.3) is 0 Å². The molecule has 0 bridgehead atoms. The lowest BCUT2D eigenvalue weighted by Gasteiger charge is -2.02. The first-order valence-corrected chi connectivity index (χ1v) is 5.40. The maximum atomic E-state index is 13.0. The van der Waals surface area contributed by atoms with Crippen molar-refractivity contribution in [1.82, 2.24) is 0 Å². The van der Waals surface area contributed by atoms with Crippen molar-refractivity contribution in [3.63, 3.8) is 0 Å². The van der Waals surface area contributed by atoms with Gasteiger partial charge in [-0.2, -0.15) is 0 Å². The summed E-state index contributed by atoms with van der Waals surface area (Å²) in [6, 6.07) is 6.08. The van der Waals surface area contributed by atoms with Gasteiger partial charge in [-0.15, -0.1) is 0 Å². The van der Waals surface area contributed by atoms with Gasteiger partial charge < -0.3 is 0 Å². The van der Waals surface area contributed by atoms with Crippen LogP contribution in [0.3, 0.4) is 0 Å². The predicted molar refractivity (Wildman–Crippen MR) is 68.2 cm³/mol. The average Bonchev–Trinajstić information content (AvgIpc) is 2.28. The number of carbonyl (C=O) groups is 1. The molecule has 0 saturated carbocycles. The molecule has 2 heteroatoms. The molecule has 0 amide bonds. The smallest absolute Gasteiger partial charge is 0.167 e. The fourth-order valence-corrected chi connectivity index (χ4v) is 1.48. The first-order valence-electron chi connectivity index (χ1n) is 5.40. The van der Waals surface area contributed by atoms with Crippen molar-refractivity contribution in [2.75, 3.05) is 0 Å². The van der Waals surface area contributed by atoms with E-state index in [9.17, 15) is 9.18 Å². The van der Waals surface area contributed by atoms with Gasteiger partial charge >= 0.3 is 0 Å². The number of benzene rings is 1. The molecule has 0 spiro atoms. The second-order valence-corrected chi connectivity index (χ2v) is 3.59. The summed E-state index contributed by atoms with van der Waals surface area (Å²) in [5.74, 6) is -0.371. The van der Waals surface area contributed by atoms with E-state index < -0.39 is 0 Å². The van der Waals surface area contributed by atoms with Crippen LogP contribution in [0.4, 0.5) is 4.39 Å². The molecule has 0 aliphatic rings. The van der Waals surface area contributed by atoms with E-state index in [0.29, 0.717) is 11.1 Å². The van der Waals surface area contributed by atoms with Gasteiger partial charge in [0.1, 0.15) is 5.82 Å². The van der Waals surface area contributed by atoms with Gasteiger partial charge in [-0.3, -0.25) is 4.79 Å². The van der Waals surface area contributed by atoms with Crippen LogP contribution in [0.5, 0.6) is 0 Å². The van der Waals surface area contributed by atoms with Crippen LogP contribution in [-0.2, 0) is 11.2 Å². The molecule has 17 heavy (non-hydrogen) atoms. The van der Waals surface area contributed by atoms with E-state index in [1.54, 1.807) is 36.4 Å². The van der Waals surface area contributed by atoms with E-state index in [2.05, 4.69) is 6.58 Å². The Balaban J connectivity index is 2.84. The van der Waals surface area contributed by atoms with Gasteiger partial charge in [0.2, 0.25) is 0 Å². The van der Waals surface area contributed by atoms with E-state index in [1.807, 2.05) is 6.92 Å². The summed E-state index contributed by atoms with van der Waals surface area (Å²) in [5, 5.41) is 0. The number of halogens is 1. The van der Waals surface area contributed by atoms with Gasteiger partial charge in [-0.1, -0.05) is 43.0 Å². The number of carbonyl (C=O) groups excluding carboxylic acids is 1. The monoisotopic (exact) mass is 230 g/mol. The molecular weight excluding hydrogens is 215 g/mol. The van der Waals surface area contributed by atoms with Crippen LogP contribution >= 0.6 is 0 Å². The van der Waals surface area contributed by atoms with Crippen molar-refractivity contribution in [1.29, 1.82) is 0 Å². The minimum atomic E-state index is -0.324. The Morgan fingerprint density at radius 3 is 2.82 bits per heavy atom. The molecule has 0 atom stereocenters. The van der Waals surface area contributed by atoms with Crippen LogP contribution in [0.25, 0.3) is 0 Å². The van der Waals surface area contributed by atoms with Gasteiger partial charge in [0, 0.05) is 12.0 Å². The summed E-state index contributed by atoms with van der Waals surface area (Å²) in [6.45, 7) is 5.40. The van der Waals surface area contributed by atoms with Crippen molar-refractivity contribution < 1.29 is 9.18 Å². The van der Waals surface area contributed by atoms with E-state index in [4.69, 9.17) is 0 Å². The zero-order valence-corrected chi connectivity index (χ0v) is 9.82. The Morgan fingerprint density at radius 1 is 1.47 bits per heavy atom. The van der Waals surface area contributed by atoms with Crippen molar-refractivity contribution in [3.05, 3.63) is 72.1 Å². The quantitative estimate of drug-likeness (QED) is 0.557. The molecule has 0 aliphatic heterocycles. The van der Waals surface area contributed by atoms with Crippen LogP contribution in [0.1, 0.15) is 12.5 Å². The highest BCUT2D eigenvalue weighted by Gasteiger charge is 2.07. The maximum absolute atomic E-state index is 13.0. The molecule has 0 aliphatic carbocycles. The number of ketones is 1. The SMILES string of the molecule is C=C/C=C(\C=C/C)C(=O)Cc1cccc(F)c1. The van der Waals surface area contributed by atoms with Gasteiger partial charge in [0.15, 0.2) is 5.78 Å². The lowest BCUT2D eigenvalue weighted by Crippen LogP contribution is -2.05.